The molecule has 0 unspecified atom stereocenters. The number of benzene rings is 1. The number of aromatic nitrogens is 1. The molecule has 1 heterocycles. The van der Waals surface area contributed by atoms with E-state index >= 15 is 0 Å². The number of rotatable bonds is 0. The second-order valence-electron chi connectivity index (χ2n) is 2.99. The Morgan fingerprint density at radius 2 is 2.23 bits per heavy atom. The van der Waals surface area contributed by atoms with Crippen LogP contribution in [0.5, 0.6) is 5.75 Å². The molecular formula is C10H8NOSi. The minimum Gasteiger partial charge on any atom is -0.506 e. The van der Waals surface area contributed by atoms with Crippen LogP contribution in [0, 0.1) is 6.92 Å². The lowest BCUT2D eigenvalue weighted by Crippen LogP contribution is -2.04. The zero-order chi connectivity index (χ0) is 9.42. The molecule has 0 spiro atoms. The number of nitrogens with zero attached hydrogens (tertiary/aromatic N) is 1. The molecular weight excluding hydrogens is 178 g/mol. The minimum atomic E-state index is 0.206. The van der Waals surface area contributed by atoms with Gasteiger partial charge in [-0.1, -0.05) is 12.1 Å². The summed E-state index contributed by atoms with van der Waals surface area (Å²) in [4.78, 5) is 4.12. The molecule has 1 N–H and O–H groups in total. The third-order valence-electron chi connectivity index (χ3n) is 2.07. The average molecular weight is 186 g/mol. The lowest BCUT2D eigenvalue weighted by atomic mass is 10.1. The summed E-state index contributed by atoms with van der Waals surface area (Å²) in [6.45, 7) is 1.99. The van der Waals surface area contributed by atoms with E-state index < -0.39 is 0 Å². The van der Waals surface area contributed by atoms with E-state index in [1.165, 1.54) is 0 Å². The fourth-order valence-electron chi connectivity index (χ4n) is 1.40. The molecule has 2 nitrogen and oxygen atoms in total. The fraction of sp³-hybridized carbons (Fsp3) is 0.100. The highest BCUT2D eigenvalue weighted by atomic mass is 28.1. The maximum absolute atomic E-state index is 9.67. The van der Waals surface area contributed by atoms with E-state index in [0.717, 1.165) is 10.9 Å². The van der Waals surface area contributed by atoms with Gasteiger partial charge in [-0.05, 0) is 23.7 Å². The van der Waals surface area contributed by atoms with Crippen molar-refractivity contribution in [3.05, 3.63) is 30.0 Å². The van der Waals surface area contributed by atoms with Gasteiger partial charge in [0, 0.05) is 11.6 Å². The summed E-state index contributed by atoms with van der Waals surface area (Å²) in [6, 6.07) is 5.70. The number of fused-ring (bicyclic) bond motifs is 1. The molecule has 0 bridgehead atoms. The first-order valence-electron chi connectivity index (χ1n) is 3.99. The van der Waals surface area contributed by atoms with Gasteiger partial charge in [-0.2, -0.15) is 0 Å². The van der Waals surface area contributed by atoms with Crippen molar-refractivity contribution >= 4 is 26.3 Å². The van der Waals surface area contributed by atoms with Crippen LogP contribution < -0.4 is 5.19 Å². The first-order chi connectivity index (χ1) is 6.20. The topological polar surface area (TPSA) is 33.1 Å². The van der Waals surface area contributed by atoms with E-state index in [0.29, 0.717) is 10.7 Å². The van der Waals surface area contributed by atoms with E-state index in [9.17, 15) is 5.11 Å². The number of phenolic OH excluding ortho intramolecular Hbond substituents is 1. The van der Waals surface area contributed by atoms with E-state index in [-0.39, 0.29) is 5.75 Å². The van der Waals surface area contributed by atoms with Crippen molar-refractivity contribution in [3.8, 4) is 5.75 Å². The summed E-state index contributed by atoms with van der Waals surface area (Å²) in [7, 11) is 3.33. The van der Waals surface area contributed by atoms with Gasteiger partial charge < -0.3 is 5.11 Å². The van der Waals surface area contributed by atoms with Crippen LogP contribution in [0.4, 0.5) is 0 Å². The van der Waals surface area contributed by atoms with Crippen molar-refractivity contribution in [2.75, 3.05) is 0 Å². The van der Waals surface area contributed by atoms with Crippen molar-refractivity contribution in [1.82, 2.24) is 4.98 Å². The monoisotopic (exact) mass is 186 g/mol. The van der Waals surface area contributed by atoms with Crippen LogP contribution in [0.3, 0.4) is 0 Å². The molecule has 0 saturated heterocycles. The van der Waals surface area contributed by atoms with Crippen molar-refractivity contribution in [1.29, 1.82) is 0 Å². The second kappa shape index (κ2) is 2.85. The van der Waals surface area contributed by atoms with Crippen LogP contribution in [0.15, 0.2) is 24.4 Å². The van der Waals surface area contributed by atoms with Crippen LogP contribution in [0.1, 0.15) is 5.56 Å². The smallest absolute Gasteiger partial charge is 0.140 e. The lowest BCUT2D eigenvalue weighted by Gasteiger charge is -2.05. The van der Waals surface area contributed by atoms with E-state index in [1.54, 1.807) is 6.20 Å². The van der Waals surface area contributed by atoms with Crippen molar-refractivity contribution in [2.24, 2.45) is 0 Å². The molecule has 0 aliphatic heterocycles. The van der Waals surface area contributed by atoms with Gasteiger partial charge in [0.15, 0.2) is 0 Å². The average Bonchev–Trinajstić information content (AvgIpc) is 2.15. The largest absolute Gasteiger partial charge is 0.506 e. The number of aromatic hydroxyl groups is 1. The maximum atomic E-state index is 9.67. The predicted molar refractivity (Wildman–Crippen MR) is 53.5 cm³/mol. The predicted octanol–water partition coefficient (Wildman–Crippen LogP) is 1.04. The molecule has 0 saturated carbocycles. The first kappa shape index (κ1) is 8.25. The first-order valence-corrected chi connectivity index (χ1v) is 4.49. The summed E-state index contributed by atoms with van der Waals surface area (Å²) >= 11 is 0. The highest BCUT2D eigenvalue weighted by molar-refractivity contribution is 6.35. The molecule has 13 heavy (non-hydrogen) atoms. The van der Waals surface area contributed by atoms with Crippen LogP contribution in [-0.2, 0) is 0 Å². The van der Waals surface area contributed by atoms with E-state index in [2.05, 4.69) is 15.2 Å². The van der Waals surface area contributed by atoms with Crippen molar-refractivity contribution in [3.63, 3.8) is 0 Å². The summed E-state index contributed by atoms with van der Waals surface area (Å²) in [5.41, 5.74) is 1.75. The van der Waals surface area contributed by atoms with Crippen LogP contribution in [0.25, 0.3) is 10.9 Å². The zero-order valence-corrected chi connectivity index (χ0v) is 8.20. The summed E-state index contributed by atoms with van der Waals surface area (Å²) < 4.78 is 0. The van der Waals surface area contributed by atoms with Gasteiger partial charge in [-0.3, -0.25) is 4.98 Å². The molecule has 1 aromatic heterocycles. The third-order valence-corrected chi connectivity index (χ3v) is 2.45. The summed E-state index contributed by atoms with van der Waals surface area (Å²) in [5.74, 6) is 0.206. The van der Waals surface area contributed by atoms with Crippen molar-refractivity contribution < 1.29 is 5.11 Å². The minimum absolute atomic E-state index is 0.206. The molecule has 63 valence electrons. The SMILES string of the molecule is Cc1cc([Si])c(O)c2ncccc12. The molecule has 0 atom stereocenters. The Morgan fingerprint density at radius 3 is 3.00 bits per heavy atom. The molecule has 0 aliphatic rings. The Balaban J connectivity index is 2.97. The Kier molecular flexibility index (Phi) is 1.81. The number of phenols is 1. The van der Waals surface area contributed by atoms with Gasteiger partial charge in [-0.15, -0.1) is 0 Å². The fourth-order valence-corrected chi connectivity index (χ4v) is 1.74. The number of aryl methyl sites for hydroxylation is 1. The summed E-state index contributed by atoms with van der Waals surface area (Å²) in [6.07, 6.45) is 1.67. The Hall–Kier alpha value is -1.35. The quantitative estimate of drug-likeness (QED) is 0.624. The van der Waals surface area contributed by atoms with Gasteiger partial charge >= 0.3 is 0 Å². The van der Waals surface area contributed by atoms with Crippen LogP contribution in [0.2, 0.25) is 0 Å². The zero-order valence-electron chi connectivity index (χ0n) is 7.20. The molecule has 1 aromatic carbocycles. The number of hydrogen-bond acceptors (Lipinski definition) is 2. The highest BCUT2D eigenvalue weighted by Gasteiger charge is 2.05. The normalized spacial score (nSPS) is 10.6. The third kappa shape index (κ3) is 1.21. The molecule has 3 radical (unpaired) electrons. The highest BCUT2D eigenvalue weighted by Crippen LogP contribution is 2.22. The van der Waals surface area contributed by atoms with E-state index in [4.69, 9.17) is 0 Å². The van der Waals surface area contributed by atoms with E-state index in [1.807, 2.05) is 25.1 Å². The molecule has 2 aromatic rings. The van der Waals surface area contributed by atoms with Gasteiger partial charge in [-0.25, -0.2) is 0 Å². The lowest BCUT2D eigenvalue weighted by molar-refractivity contribution is 0.484. The van der Waals surface area contributed by atoms with Gasteiger partial charge in [0.25, 0.3) is 0 Å². The Morgan fingerprint density at radius 1 is 1.46 bits per heavy atom. The number of hydrogen-bond donors (Lipinski definition) is 1. The van der Waals surface area contributed by atoms with Crippen LogP contribution in [-0.4, -0.2) is 20.3 Å². The van der Waals surface area contributed by atoms with Gasteiger partial charge in [0.05, 0.1) is 10.2 Å². The van der Waals surface area contributed by atoms with Gasteiger partial charge in [0.1, 0.15) is 11.3 Å². The number of pyridine rings is 1. The molecule has 0 aliphatic carbocycles. The Bertz CT molecular complexity index is 468. The second-order valence-corrected chi connectivity index (χ2v) is 3.53. The van der Waals surface area contributed by atoms with Crippen LogP contribution >= 0.6 is 0 Å². The molecule has 0 fully saturated rings. The van der Waals surface area contributed by atoms with Gasteiger partial charge in [0.2, 0.25) is 0 Å². The molecule has 0 amide bonds. The molecule has 2 rings (SSSR count). The standard InChI is InChI=1S/C10H8NOSi/c1-6-5-8(13)10(12)9-7(6)3-2-4-11-9/h2-5,12H,1H3. The maximum Gasteiger partial charge on any atom is 0.140 e. The molecule has 3 heteroatoms. The van der Waals surface area contributed by atoms with Crippen molar-refractivity contribution in [2.45, 2.75) is 6.92 Å². The summed E-state index contributed by atoms with van der Waals surface area (Å²) in [5, 5.41) is 11.3. The Labute approximate surface area is 79.7 Å².